The summed E-state index contributed by atoms with van der Waals surface area (Å²) in [7, 11) is -4.89. The minimum Gasteiger partial charge on any atom is -0.756 e. The third kappa shape index (κ3) is 1470. The Kier molecular flexibility index (Phi) is 13.0. The summed E-state index contributed by atoms with van der Waals surface area (Å²) in [6.07, 6.45) is 0. The van der Waals surface area contributed by atoms with Crippen molar-refractivity contribution in [2.75, 3.05) is 0 Å². The Balaban J connectivity index is -0.0000000910. The first-order valence-corrected chi connectivity index (χ1v) is 3.22. The number of rotatable bonds is 0. The van der Waals surface area contributed by atoms with E-state index in [4.69, 9.17) is 29.1 Å². The molecule has 0 atom stereocenters. The van der Waals surface area contributed by atoms with Crippen molar-refractivity contribution >= 4 is 13.8 Å². The van der Waals surface area contributed by atoms with E-state index in [1.54, 1.807) is 0 Å². The van der Waals surface area contributed by atoms with Crippen LogP contribution < -0.4 is 34.5 Å². The van der Waals surface area contributed by atoms with Crippen LogP contribution in [0.3, 0.4) is 0 Å². The predicted molar refractivity (Wildman–Crippen MR) is 25.4 cm³/mol. The van der Waals surface area contributed by atoms with Gasteiger partial charge in [0.15, 0.2) is 0 Å². The minimum absolute atomic E-state index is 0. The molecule has 0 bridgehead atoms. The van der Waals surface area contributed by atoms with Gasteiger partial charge in [0.05, 0.1) is 0 Å². The molecule has 3 N–H and O–H groups in total. The number of phosphoric acid groups is 1. The number of carboxylic acids is 1. The van der Waals surface area contributed by atoms with E-state index in [-0.39, 0.29) is 29.6 Å². The second-order valence-electron chi connectivity index (χ2n) is 1.01. The Morgan fingerprint density at radius 2 is 1.50 bits per heavy atom. The molecule has 0 aromatic rings. The molecule has 56 valence electrons. The first kappa shape index (κ1) is 16.9. The van der Waals surface area contributed by atoms with Crippen molar-refractivity contribution in [1.29, 1.82) is 0 Å². The van der Waals surface area contributed by atoms with Crippen LogP contribution in [-0.2, 0) is 9.36 Å². The Labute approximate surface area is 79.4 Å². The molecule has 6 nitrogen and oxygen atoms in total. The molecule has 0 aliphatic heterocycles. The van der Waals surface area contributed by atoms with Gasteiger partial charge in [-0.25, -0.2) is 0 Å². The number of hydrogen-bond acceptors (Lipinski definition) is 3. The standard InChI is InChI=1S/C2H4O2.Na.H3O4P/c1-2(3)4;;1-5(2,3)4/h1H3,(H,3,4);;(H3,1,2,3,4)/q;+1;/p-1. The summed E-state index contributed by atoms with van der Waals surface area (Å²) < 4.78 is 8.77. The first-order chi connectivity index (χ1) is 3.73. The van der Waals surface area contributed by atoms with Gasteiger partial charge in [0, 0.05) is 6.92 Å². The molecule has 0 radical (unpaired) electrons. The smallest absolute Gasteiger partial charge is 0.756 e. The van der Waals surface area contributed by atoms with E-state index in [1.807, 2.05) is 0 Å². The van der Waals surface area contributed by atoms with E-state index in [0.717, 1.165) is 6.92 Å². The van der Waals surface area contributed by atoms with E-state index in [0.29, 0.717) is 0 Å². The van der Waals surface area contributed by atoms with Crippen molar-refractivity contribution in [3.63, 3.8) is 0 Å². The minimum atomic E-state index is -4.89. The van der Waals surface area contributed by atoms with Crippen molar-refractivity contribution in [1.82, 2.24) is 0 Å². The second-order valence-corrected chi connectivity index (χ2v) is 1.99. The summed E-state index contributed by atoms with van der Waals surface area (Å²) in [5, 5.41) is 7.42. The fraction of sp³-hybridized carbons (Fsp3) is 0.500. The summed E-state index contributed by atoms with van der Waals surface area (Å²) >= 11 is 0. The summed E-state index contributed by atoms with van der Waals surface area (Å²) in [4.78, 5) is 31.9. The van der Waals surface area contributed by atoms with Gasteiger partial charge in [-0.15, -0.1) is 0 Å². The van der Waals surface area contributed by atoms with Gasteiger partial charge in [-0.3, -0.25) is 9.36 Å². The zero-order valence-corrected chi connectivity index (χ0v) is 8.41. The zero-order chi connectivity index (χ0) is 8.08. The molecule has 0 rings (SSSR count). The molecule has 0 saturated carbocycles. The molecule has 0 saturated heterocycles. The van der Waals surface area contributed by atoms with E-state index < -0.39 is 13.8 Å². The first-order valence-electron chi connectivity index (χ1n) is 1.69. The van der Waals surface area contributed by atoms with Crippen LogP contribution in [0.1, 0.15) is 6.92 Å². The van der Waals surface area contributed by atoms with Crippen LogP contribution >= 0.6 is 7.82 Å². The van der Waals surface area contributed by atoms with Gasteiger partial charge in [0.2, 0.25) is 0 Å². The number of carboxylic acid groups (broad SMARTS) is 1. The van der Waals surface area contributed by atoms with Crippen molar-refractivity contribution in [3.8, 4) is 0 Å². The van der Waals surface area contributed by atoms with Crippen LogP contribution in [0.15, 0.2) is 0 Å². The van der Waals surface area contributed by atoms with E-state index in [9.17, 15) is 0 Å². The second kappa shape index (κ2) is 7.68. The fourth-order valence-corrected chi connectivity index (χ4v) is 0. The quantitative estimate of drug-likeness (QED) is 0.255. The average Bonchev–Trinajstić information content (AvgIpc) is 1.19. The maximum atomic E-state index is 9.00. The molecule has 10 heavy (non-hydrogen) atoms. The van der Waals surface area contributed by atoms with Gasteiger partial charge >= 0.3 is 29.6 Å². The van der Waals surface area contributed by atoms with Crippen LogP contribution in [0.2, 0.25) is 0 Å². The number of carbonyl (C=O) groups is 1. The maximum Gasteiger partial charge on any atom is 1.00 e. The third-order valence-corrected chi connectivity index (χ3v) is 0. The number of aliphatic carboxylic acids is 1. The Morgan fingerprint density at radius 1 is 1.50 bits per heavy atom. The summed E-state index contributed by atoms with van der Waals surface area (Å²) in [5.74, 6) is -0.833. The molecular weight excluding hydrogens is 174 g/mol. The SMILES string of the molecule is CC(=O)O.O=P([O-])(O)O.[Na+]. The van der Waals surface area contributed by atoms with Crippen LogP contribution in [-0.4, -0.2) is 20.9 Å². The maximum absolute atomic E-state index is 9.00. The molecule has 0 unspecified atom stereocenters. The Hall–Kier alpha value is 0.580. The predicted octanol–water partition coefficient (Wildman–Crippen LogP) is -4.47. The van der Waals surface area contributed by atoms with Gasteiger partial charge < -0.3 is 19.8 Å². The van der Waals surface area contributed by atoms with Crippen LogP contribution in [0.4, 0.5) is 0 Å². The van der Waals surface area contributed by atoms with Gasteiger partial charge in [0.1, 0.15) is 0 Å². The monoisotopic (exact) mass is 180 g/mol. The average molecular weight is 180 g/mol. The van der Waals surface area contributed by atoms with E-state index in [2.05, 4.69) is 0 Å². The molecule has 0 amide bonds. The van der Waals surface area contributed by atoms with Gasteiger partial charge in [-0.05, 0) is 0 Å². The summed E-state index contributed by atoms with van der Waals surface area (Å²) in [6, 6.07) is 0. The summed E-state index contributed by atoms with van der Waals surface area (Å²) in [6.45, 7) is 1.08. The molecule has 0 heterocycles. The van der Waals surface area contributed by atoms with Crippen molar-refractivity contribution in [2.24, 2.45) is 0 Å². The fourth-order valence-electron chi connectivity index (χ4n) is 0. The van der Waals surface area contributed by atoms with E-state index in [1.165, 1.54) is 0 Å². The molecule has 0 aliphatic rings. The van der Waals surface area contributed by atoms with Crippen LogP contribution in [0, 0.1) is 0 Å². The number of hydrogen-bond donors (Lipinski definition) is 3. The molecule has 0 aromatic heterocycles. The molecular formula is C2H6NaO6P. The third-order valence-electron chi connectivity index (χ3n) is 0. The topological polar surface area (TPSA) is 118 Å². The van der Waals surface area contributed by atoms with E-state index >= 15 is 0 Å². The molecule has 0 spiro atoms. The largest absolute Gasteiger partial charge is 1.00 e. The molecule has 0 aliphatic carbocycles. The van der Waals surface area contributed by atoms with Crippen LogP contribution in [0.5, 0.6) is 0 Å². The van der Waals surface area contributed by atoms with Crippen molar-refractivity contribution in [2.45, 2.75) is 6.92 Å². The zero-order valence-electron chi connectivity index (χ0n) is 5.51. The normalized spacial score (nSPS) is 8.40. The van der Waals surface area contributed by atoms with Crippen molar-refractivity contribution < 1.29 is 58.7 Å². The Morgan fingerprint density at radius 3 is 1.50 bits per heavy atom. The van der Waals surface area contributed by atoms with Gasteiger partial charge in [-0.1, -0.05) is 0 Å². The van der Waals surface area contributed by atoms with Gasteiger partial charge in [-0.2, -0.15) is 0 Å². The van der Waals surface area contributed by atoms with Crippen LogP contribution in [0.25, 0.3) is 0 Å². The van der Waals surface area contributed by atoms with Gasteiger partial charge in [0.25, 0.3) is 13.8 Å². The van der Waals surface area contributed by atoms with Crippen molar-refractivity contribution in [3.05, 3.63) is 0 Å². The Bertz CT molecular complexity index is 115. The molecule has 0 aromatic carbocycles. The molecule has 0 fully saturated rings. The molecule has 8 heteroatoms. The summed E-state index contributed by atoms with van der Waals surface area (Å²) in [5.41, 5.74) is 0.